The Morgan fingerprint density at radius 2 is 1.86 bits per heavy atom. The van der Waals surface area contributed by atoms with Crippen LogP contribution < -0.4 is 4.90 Å². The fourth-order valence-corrected chi connectivity index (χ4v) is 6.76. The summed E-state index contributed by atoms with van der Waals surface area (Å²) in [6.45, 7) is 4.43. The molecule has 1 aromatic heterocycles. The number of hydrogen-bond donors (Lipinski definition) is 0. The molecule has 2 aromatic carbocycles. The smallest absolute Gasteiger partial charge is 0.169 e. The maximum absolute atomic E-state index is 14.9. The average molecular weight is 530 g/mol. The molecule has 0 radical (unpaired) electrons. The van der Waals surface area contributed by atoms with Crippen LogP contribution in [0, 0.1) is 24.0 Å². The van der Waals surface area contributed by atoms with Crippen LogP contribution >= 0.6 is 11.6 Å². The number of hydrogen-bond acceptors (Lipinski definition) is 5. The minimum Gasteiger partial charge on any atom is -0.375 e. The lowest BCUT2D eigenvalue weighted by molar-refractivity contribution is -0.142. The van der Waals surface area contributed by atoms with Crippen molar-refractivity contribution in [3.8, 4) is 5.69 Å². The van der Waals surface area contributed by atoms with E-state index in [-0.39, 0.29) is 36.8 Å². The van der Waals surface area contributed by atoms with Crippen molar-refractivity contribution >= 4 is 17.3 Å². The summed E-state index contributed by atoms with van der Waals surface area (Å²) >= 11 is 6.34. The summed E-state index contributed by atoms with van der Waals surface area (Å²) in [6, 6.07) is 8.58. The molecule has 1 spiro atoms. The molecule has 0 bridgehead atoms. The first-order valence-electron chi connectivity index (χ1n) is 12.6. The van der Waals surface area contributed by atoms with E-state index in [9.17, 15) is 13.2 Å². The molecule has 1 aliphatic carbocycles. The van der Waals surface area contributed by atoms with E-state index in [4.69, 9.17) is 16.3 Å². The second-order valence-corrected chi connectivity index (χ2v) is 11.8. The lowest BCUT2D eigenvalue weighted by Crippen LogP contribution is -2.62. The number of rotatable bonds is 4. The van der Waals surface area contributed by atoms with Gasteiger partial charge in [-0.2, -0.15) is 0 Å². The zero-order chi connectivity index (χ0) is 25.5. The molecule has 2 saturated heterocycles. The molecule has 4 heterocycles. The maximum atomic E-state index is 14.9. The van der Waals surface area contributed by atoms with E-state index in [1.807, 2.05) is 28.0 Å². The van der Waals surface area contributed by atoms with Crippen LogP contribution in [-0.4, -0.2) is 58.2 Å². The van der Waals surface area contributed by atoms with Gasteiger partial charge in [0.05, 0.1) is 25.4 Å². The van der Waals surface area contributed by atoms with E-state index in [1.165, 1.54) is 12.1 Å². The van der Waals surface area contributed by atoms with E-state index in [0.29, 0.717) is 36.8 Å². The summed E-state index contributed by atoms with van der Waals surface area (Å²) in [4.78, 5) is 3.86. The molecule has 0 atom stereocenters. The zero-order valence-corrected chi connectivity index (χ0v) is 21.2. The minimum absolute atomic E-state index is 0.0319. The van der Waals surface area contributed by atoms with Crippen LogP contribution in [-0.2, 0) is 17.8 Å². The molecule has 6 nitrogen and oxygen atoms in total. The van der Waals surface area contributed by atoms with E-state index in [0.717, 1.165) is 35.7 Å². The minimum atomic E-state index is -1.34. The van der Waals surface area contributed by atoms with Gasteiger partial charge in [-0.1, -0.05) is 17.7 Å². The molecule has 4 aliphatic rings. The average Bonchev–Trinajstić information content (AvgIpc) is 3.11. The first kappa shape index (κ1) is 23.5. The topological polar surface area (TPSA) is 46.4 Å². The van der Waals surface area contributed by atoms with Gasteiger partial charge in [0.2, 0.25) is 0 Å². The summed E-state index contributed by atoms with van der Waals surface area (Å²) in [6.07, 6.45) is 1.77. The quantitative estimate of drug-likeness (QED) is 0.479. The van der Waals surface area contributed by atoms with Crippen molar-refractivity contribution < 1.29 is 17.9 Å². The highest BCUT2D eigenvalue weighted by molar-refractivity contribution is 6.30. The van der Waals surface area contributed by atoms with E-state index < -0.39 is 17.3 Å². The van der Waals surface area contributed by atoms with Crippen molar-refractivity contribution in [2.45, 2.75) is 44.4 Å². The van der Waals surface area contributed by atoms with Gasteiger partial charge in [-0.3, -0.25) is 9.47 Å². The van der Waals surface area contributed by atoms with Crippen molar-refractivity contribution in [1.82, 2.24) is 19.7 Å². The Bertz CT molecular complexity index is 1390. The van der Waals surface area contributed by atoms with Crippen LogP contribution in [0.4, 0.5) is 18.9 Å². The number of aromatic nitrogens is 3. The predicted octanol–water partition coefficient (Wildman–Crippen LogP) is 4.95. The summed E-state index contributed by atoms with van der Waals surface area (Å²) < 4.78 is 51.2. The first-order valence-corrected chi connectivity index (χ1v) is 13.0. The molecule has 1 saturated carbocycles. The predicted molar refractivity (Wildman–Crippen MR) is 133 cm³/mol. The normalized spacial score (nSPS) is 22.0. The third-order valence-corrected chi connectivity index (χ3v) is 8.61. The third-order valence-electron chi connectivity index (χ3n) is 8.38. The third kappa shape index (κ3) is 3.77. The number of benzene rings is 2. The van der Waals surface area contributed by atoms with Crippen LogP contribution in [0.3, 0.4) is 0 Å². The number of nitrogens with zero attached hydrogens (tertiary/aromatic N) is 5. The highest BCUT2D eigenvalue weighted by Gasteiger charge is 2.55. The van der Waals surface area contributed by atoms with Gasteiger partial charge < -0.3 is 9.64 Å². The zero-order valence-electron chi connectivity index (χ0n) is 20.5. The van der Waals surface area contributed by atoms with Gasteiger partial charge in [0.25, 0.3) is 0 Å². The molecule has 3 aromatic rings. The lowest BCUT2D eigenvalue weighted by atomic mass is 9.57. The monoisotopic (exact) mass is 529 g/mol. The molecule has 0 unspecified atom stereocenters. The molecular weight excluding hydrogens is 503 g/mol. The molecule has 37 heavy (non-hydrogen) atoms. The summed E-state index contributed by atoms with van der Waals surface area (Å²) in [5.74, 6) is 0.870. The summed E-state index contributed by atoms with van der Waals surface area (Å²) in [5.41, 5.74) is 1.20. The van der Waals surface area contributed by atoms with Crippen molar-refractivity contribution in [3.63, 3.8) is 0 Å². The fraction of sp³-hybridized carbons (Fsp3) is 0.481. The summed E-state index contributed by atoms with van der Waals surface area (Å²) in [7, 11) is 0. The number of aryl methyl sites for hydroxylation is 1. The number of fused-ring (bicyclic) bond motifs is 3. The van der Waals surface area contributed by atoms with Gasteiger partial charge in [-0.15, -0.1) is 10.2 Å². The van der Waals surface area contributed by atoms with Crippen LogP contribution in [0.2, 0.25) is 5.02 Å². The molecule has 0 N–H and O–H groups in total. The number of ether oxygens (including phenoxy) is 1. The van der Waals surface area contributed by atoms with Gasteiger partial charge >= 0.3 is 0 Å². The van der Waals surface area contributed by atoms with Crippen molar-refractivity contribution in [1.29, 1.82) is 0 Å². The first-order chi connectivity index (χ1) is 17.7. The van der Waals surface area contributed by atoms with Gasteiger partial charge in [-0.05, 0) is 55.2 Å². The Balaban J connectivity index is 1.13. The Morgan fingerprint density at radius 3 is 2.59 bits per heavy atom. The van der Waals surface area contributed by atoms with Crippen molar-refractivity contribution in [3.05, 3.63) is 69.8 Å². The Labute approximate surface area is 218 Å². The largest absolute Gasteiger partial charge is 0.375 e. The number of halogens is 4. The molecule has 10 heteroatoms. The van der Waals surface area contributed by atoms with Crippen LogP contribution in [0.1, 0.15) is 41.5 Å². The number of alkyl halides is 1. The molecule has 7 rings (SSSR count). The van der Waals surface area contributed by atoms with Crippen LogP contribution in [0.5, 0.6) is 0 Å². The maximum Gasteiger partial charge on any atom is 0.169 e. The second-order valence-electron chi connectivity index (χ2n) is 11.4. The highest BCUT2D eigenvalue weighted by Crippen LogP contribution is 2.57. The molecule has 0 amide bonds. The second kappa shape index (κ2) is 8.19. The summed E-state index contributed by atoms with van der Waals surface area (Å²) in [5, 5.41) is 9.75. The lowest BCUT2D eigenvalue weighted by Gasteiger charge is -2.59. The highest BCUT2D eigenvalue weighted by atomic mass is 35.5. The molecule has 3 aliphatic heterocycles. The Morgan fingerprint density at radius 1 is 1.08 bits per heavy atom. The van der Waals surface area contributed by atoms with Crippen molar-refractivity contribution in [2.24, 2.45) is 5.41 Å². The molecule has 194 valence electrons. The van der Waals surface area contributed by atoms with E-state index >= 15 is 0 Å². The van der Waals surface area contributed by atoms with Gasteiger partial charge in [0, 0.05) is 42.5 Å². The molecular formula is C27H27ClF3N5O. The number of anilines is 1. The Kier molecular flexibility index (Phi) is 5.20. The van der Waals surface area contributed by atoms with Crippen LogP contribution in [0.25, 0.3) is 5.69 Å². The van der Waals surface area contributed by atoms with E-state index in [2.05, 4.69) is 14.8 Å². The Hall–Kier alpha value is -2.62. The SMILES string of the molecule is Cc1ccc(F)c(N2CC3(CC(c4nnc5n4-c4ccc(Cl)cc4CN(CC4(F)COC4)C5)C3)C2)c1F. The molecule has 3 fully saturated rings. The fourth-order valence-electron chi connectivity index (χ4n) is 6.56. The van der Waals surface area contributed by atoms with Crippen molar-refractivity contribution in [2.75, 3.05) is 37.7 Å². The van der Waals surface area contributed by atoms with Crippen LogP contribution in [0.15, 0.2) is 30.3 Å². The van der Waals surface area contributed by atoms with Gasteiger partial charge in [-0.25, -0.2) is 13.2 Å². The van der Waals surface area contributed by atoms with Gasteiger partial charge in [0.15, 0.2) is 17.3 Å². The standard InChI is InChI=1S/C27H27ClF3N5O/c1-16-2-4-20(29)24(23(16)30)35-11-26(12-35)7-18(8-26)25-33-32-22-10-34(13-27(31)14-37-15-27)9-17-6-19(28)3-5-21(17)36(22)25/h2-6,18H,7-15H2,1H3. The van der Waals surface area contributed by atoms with Gasteiger partial charge in [0.1, 0.15) is 17.3 Å². The van der Waals surface area contributed by atoms with E-state index in [1.54, 1.807) is 6.92 Å².